The SMILES string of the molecule is Nc1c(Cl)cc(F)cc1-c1ccc2c(c1)CCO2. The first-order chi connectivity index (χ1) is 8.65. The maximum Gasteiger partial charge on any atom is 0.125 e. The first kappa shape index (κ1) is 11.4. The smallest absolute Gasteiger partial charge is 0.125 e. The van der Waals surface area contributed by atoms with Gasteiger partial charge in [-0.15, -0.1) is 0 Å². The maximum absolute atomic E-state index is 13.4. The molecule has 2 aromatic carbocycles. The van der Waals surface area contributed by atoms with E-state index in [0.29, 0.717) is 17.9 Å². The lowest BCUT2D eigenvalue weighted by Crippen LogP contribution is -1.93. The molecule has 18 heavy (non-hydrogen) atoms. The van der Waals surface area contributed by atoms with E-state index in [1.165, 1.54) is 12.1 Å². The van der Waals surface area contributed by atoms with Gasteiger partial charge in [-0.1, -0.05) is 17.7 Å². The summed E-state index contributed by atoms with van der Waals surface area (Å²) in [6.45, 7) is 0.693. The lowest BCUT2D eigenvalue weighted by molar-refractivity contribution is 0.357. The molecule has 1 aliphatic rings. The molecule has 0 spiro atoms. The van der Waals surface area contributed by atoms with Crippen molar-refractivity contribution in [2.24, 2.45) is 0 Å². The second kappa shape index (κ2) is 4.18. The van der Waals surface area contributed by atoms with Crippen LogP contribution in [0.5, 0.6) is 5.75 Å². The lowest BCUT2D eigenvalue weighted by Gasteiger charge is -2.09. The molecule has 0 saturated carbocycles. The van der Waals surface area contributed by atoms with Crippen LogP contribution in [0.1, 0.15) is 5.56 Å². The van der Waals surface area contributed by atoms with E-state index in [1.807, 2.05) is 18.2 Å². The molecule has 1 aliphatic heterocycles. The molecule has 0 aromatic heterocycles. The zero-order valence-electron chi connectivity index (χ0n) is 9.54. The predicted octanol–water partition coefficient (Wildman–Crippen LogP) is 3.66. The summed E-state index contributed by atoms with van der Waals surface area (Å²) in [5.74, 6) is 0.501. The molecule has 4 heteroatoms. The summed E-state index contributed by atoms with van der Waals surface area (Å²) < 4.78 is 18.8. The zero-order valence-corrected chi connectivity index (χ0v) is 10.3. The molecule has 0 unspecified atom stereocenters. The molecule has 2 N–H and O–H groups in total. The van der Waals surface area contributed by atoms with E-state index >= 15 is 0 Å². The van der Waals surface area contributed by atoms with Gasteiger partial charge in [0.15, 0.2) is 0 Å². The fourth-order valence-electron chi connectivity index (χ4n) is 2.18. The molecule has 3 rings (SSSR count). The molecule has 0 amide bonds. The fourth-order valence-corrected chi connectivity index (χ4v) is 2.38. The van der Waals surface area contributed by atoms with Gasteiger partial charge in [0.25, 0.3) is 0 Å². The highest BCUT2D eigenvalue weighted by Gasteiger charge is 2.15. The van der Waals surface area contributed by atoms with Gasteiger partial charge in [-0.2, -0.15) is 0 Å². The number of anilines is 1. The van der Waals surface area contributed by atoms with E-state index in [1.54, 1.807) is 0 Å². The summed E-state index contributed by atoms with van der Waals surface area (Å²) in [5, 5.41) is 0.238. The zero-order chi connectivity index (χ0) is 12.7. The number of nitrogen functional groups attached to an aromatic ring is 1. The Bertz CT molecular complexity index is 627. The fraction of sp³-hybridized carbons (Fsp3) is 0.143. The Hall–Kier alpha value is -1.74. The van der Waals surface area contributed by atoms with Gasteiger partial charge >= 0.3 is 0 Å². The van der Waals surface area contributed by atoms with Crippen LogP contribution in [0.25, 0.3) is 11.1 Å². The first-order valence-electron chi connectivity index (χ1n) is 5.66. The van der Waals surface area contributed by atoms with Gasteiger partial charge in [0.2, 0.25) is 0 Å². The van der Waals surface area contributed by atoms with Crippen LogP contribution in [0.3, 0.4) is 0 Å². The van der Waals surface area contributed by atoms with E-state index in [0.717, 1.165) is 23.3 Å². The summed E-state index contributed by atoms with van der Waals surface area (Å²) in [5.41, 5.74) is 8.90. The molecule has 0 bridgehead atoms. The van der Waals surface area contributed by atoms with Gasteiger partial charge in [-0.3, -0.25) is 0 Å². The number of rotatable bonds is 1. The van der Waals surface area contributed by atoms with Crippen molar-refractivity contribution in [2.75, 3.05) is 12.3 Å². The lowest BCUT2D eigenvalue weighted by atomic mass is 10.0. The maximum atomic E-state index is 13.4. The van der Waals surface area contributed by atoms with E-state index < -0.39 is 0 Å². The van der Waals surface area contributed by atoms with Crippen molar-refractivity contribution in [2.45, 2.75) is 6.42 Å². The van der Waals surface area contributed by atoms with Crippen LogP contribution < -0.4 is 10.5 Å². The van der Waals surface area contributed by atoms with Gasteiger partial charge < -0.3 is 10.5 Å². The van der Waals surface area contributed by atoms with Crippen molar-refractivity contribution in [3.05, 3.63) is 46.7 Å². The van der Waals surface area contributed by atoms with Crippen LogP contribution in [0.2, 0.25) is 5.02 Å². The molecule has 0 atom stereocenters. The number of hydrogen-bond donors (Lipinski definition) is 1. The summed E-state index contributed by atoms with van der Waals surface area (Å²) in [6, 6.07) is 8.35. The van der Waals surface area contributed by atoms with Crippen LogP contribution in [0.15, 0.2) is 30.3 Å². The summed E-state index contributed by atoms with van der Waals surface area (Å²) >= 11 is 5.90. The molecule has 0 radical (unpaired) electrons. The highest BCUT2D eigenvalue weighted by Crippen LogP contribution is 2.36. The van der Waals surface area contributed by atoms with Crippen molar-refractivity contribution in [3.63, 3.8) is 0 Å². The Morgan fingerprint density at radius 2 is 2.06 bits per heavy atom. The van der Waals surface area contributed by atoms with Crippen LogP contribution in [-0.4, -0.2) is 6.61 Å². The molecular formula is C14H11ClFNO. The highest BCUT2D eigenvalue weighted by atomic mass is 35.5. The quantitative estimate of drug-likeness (QED) is 0.797. The van der Waals surface area contributed by atoms with Crippen LogP contribution >= 0.6 is 11.6 Å². The van der Waals surface area contributed by atoms with Crippen LogP contribution in [-0.2, 0) is 6.42 Å². The third-order valence-corrected chi connectivity index (χ3v) is 3.41. The Morgan fingerprint density at radius 1 is 1.22 bits per heavy atom. The Labute approximate surface area is 109 Å². The third-order valence-electron chi connectivity index (χ3n) is 3.09. The average Bonchev–Trinajstić information content (AvgIpc) is 2.80. The molecular weight excluding hydrogens is 253 g/mol. The summed E-state index contributed by atoms with van der Waals surface area (Å²) in [4.78, 5) is 0. The van der Waals surface area contributed by atoms with Gasteiger partial charge in [-0.05, 0) is 35.4 Å². The molecule has 0 saturated heterocycles. The normalized spacial score (nSPS) is 13.2. The van der Waals surface area contributed by atoms with E-state index in [9.17, 15) is 4.39 Å². The average molecular weight is 264 g/mol. The van der Waals surface area contributed by atoms with Crippen molar-refractivity contribution in [1.82, 2.24) is 0 Å². The minimum atomic E-state index is -0.388. The Kier molecular flexibility index (Phi) is 2.63. The Morgan fingerprint density at radius 3 is 2.89 bits per heavy atom. The van der Waals surface area contributed by atoms with E-state index in [-0.39, 0.29) is 10.8 Å². The predicted molar refractivity (Wildman–Crippen MR) is 70.5 cm³/mol. The number of ether oxygens (including phenoxy) is 1. The monoisotopic (exact) mass is 263 g/mol. The number of nitrogens with two attached hydrogens (primary N) is 1. The first-order valence-corrected chi connectivity index (χ1v) is 6.03. The number of fused-ring (bicyclic) bond motifs is 1. The largest absolute Gasteiger partial charge is 0.493 e. The van der Waals surface area contributed by atoms with E-state index in [2.05, 4.69) is 0 Å². The standard InChI is InChI=1S/C14H11ClFNO/c15-12-7-10(16)6-11(14(12)17)8-1-2-13-9(5-8)3-4-18-13/h1-2,5-7H,3-4,17H2. The van der Waals surface area contributed by atoms with Crippen molar-refractivity contribution in [3.8, 4) is 16.9 Å². The summed E-state index contributed by atoms with van der Waals surface area (Å²) in [6.07, 6.45) is 0.867. The van der Waals surface area contributed by atoms with Gasteiger partial charge in [0.1, 0.15) is 11.6 Å². The van der Waals surface area contributed by atoms with Gasteiger partial charge in [-0.25, -0.2) is 4.39 Å². The second-order valence-corrected chi connectivity index (χ2v) is 4.68. The minimum absolute atomic E-state index is 0.238. The number of halogens is 2. The van der Waals surface area contributed by atoms with E-state index in [4.69, 9.17) is 22.1 Å². The molecule has 0 fully saturated rings. The van der Waals surface area contributed by atoms with Gasteiger partial charge in [0, 0.05) is 12.0 Å². The molecule has 0 aliphatic carbocycles. The minimum Gasteiger partial charge on any atom is -0.493 e. The molecule has 2 nitrogen and oxygen atoms in total. The summed E-state index contributed by atoms with van der Waals surface area (Å²) in [7, 11) is 0. The Balaban J connectivity index is 2.15. The van der Waals surface area contributed by atoms with Gasteiger partial charge in [0.05, 0.1) is 17.3 Å². The van der Waals surface area contributed by atoms with Crippen molar-refractivity contribution < 1.29 is 9.13 Å². The molecule has 1 heterocycles. The number of benzene rings is 2. The van der Waals surface area contributed by atoms with Crippen LogP contribution in [0.4, 0.5) is 10.1 Å². The van der Waals surface area contributed by atoms with Crippen LogP contribution in [0, 0.1) is 5.82 Å². The van der Waals surface area contributed by atoms with Crippen molar-refractivity contribution >= 4 is 17.3 Å². The second-order valence-electron chi connectivity index (χ2n) is 4.27. The highest BCUT2D eigenvalue weighted by molar-refractivity contribution is 6.33. The molecule has 2 aromatic rings. The topological polar surface area (TPSA) is 35.2 Å². The third kappa shape index (κ3) is 1.81. The molecule has 92 valence electrons. The number of hydrogen-bond acceptors (Lipinski definition) is 2. The van der Waals surface area contributed by atoms with Crippen molar-refractivity contribution in [1.29, 1.82) is 0 Å².